The van der Waals surface area contributed by atoms with E-state index in [4.69, 9.17) is 9.47 Å². The average Bonchev–Trinajstić information content (AvgIpc) is 2.89. The highest BCUT2D eigenvalue weighted by Crippen LogP contribution is 2.39. The fraction of sp³-hybridized carbons (Fsp3) is 0.281. The van der Waals surface area contributed by atoms with Crippen molar-refractivity contribution in [2.24, 2.45) is 0 Å². The molecule has 0 radical (unpaired) electrons. The van der Waals surface area contributed by atoms with Crippen LogP contribution in [-0.4, -0.2) is 24.7 Å². The number of ether oxygens (including phenoxy) is 2. The molecule has 1 aliphatic heterocycles. The monoisotopic (exact) mass is 515 g/mol. The molecule has 192 valence electrons. The fourth-order valence-electron chi connectivity index (χ4n) is 5.05. The third kappa shape index (κ3) is 6.40. The lowest BCUT2D eigenvalue weighted by atomic mass is 9.86. The molecule has 0 saturated heterocycles. The van der Waals surface area contributed by atoms with Crippen LogP contribution in [0.15, 0.2) is 91.0 Å². The summed E-state index contributed by atoms with van der Waals surface area (Å²) in [4.78, 5) is 12.8. The molecule has 0 spiro atoms. The summed E-state index contributed by atoms with van der Waals surface area (Å²) in [5, 5.41) is 6.20. The lowest BCUT2D eigenvalue weighted by Crippen LogP contribution is -2.41. The molecule has 0 bridgehead atoms. The highest BCUT2D eigenvalue weighted by atomic mass is 35.5. The number of esters is 1. The maximum absolute atomic E-state index is 12.8. The van der Waals surface area contributed by atoms with Gasteiger partial charge in [0.2, 0.25) is 6.29 Å². The number of carbonyl (C=O) groups excluding carboxylic acids is 1. The number of fused-ring (bicyclic) bond motifs is 2. The van der Waals surface area contributed by atoms with Crippen LogP contribution in [0.25, 0.3) is 10.8 Å². The molecule has 2 unspecified atom stereocenters. The summed E-state index contributed by atoms with van der Waals surface area (Å²) in [6, 6.07) is 30.4. The lowest BCUT2D eigenvalue weighted by molar-refractivity contribution is -0.196. The Bertz CT molecular complexity index is 1350. The first kappa shape index (κ1) is 26.9. The average molecular weight is 516 g/mol. The second-order valence-electron chi connectivity index (χ2n) is 9.94. The molecule has 0 amide bonds. The minimum Gasteiger partial charge on any atom is -0.428 e. The predicted octanol–water partition coefficient (Wildman–Crippen LogP) is 6.98. The smallest absolute Gasteiger partial charge is 0.340 e. The zero-order valence-corrected chi connectivity index (χ0v) is 22.2. The summed E-state index contributed by atoms with van der Waals surface area (Å²) in [5.74, 6) is -0.370. The van der Waals surface area contributed by atoms with Crippen LogP contribution in [0.5, 0.6) is 0 Å². The molecule has 1 aliphatic rings. The van der Waals surface area contributed by atoms with E-state index < -0.39 is 11.9 Å². The number of benzene rings is 4. The van der Waals surface area contributed by atoms with E-state index in [0.717, 1.165) is 43.5 Å². The molecular formula is C32H34ClNO3. The minimum absolute atomic E-state index is 0. The molecule has 0 fully saturated rings. The van der Waals surface area contributed by atoms with Gasteiger partial charge in [-0.2, -0.15) is 0 Å². The summed E-state index contributed by atoms with van der Waals surface area (Å²) in [7, 11) is 0. The first-order valence-corrected chi connectivity index (χ1v) is 12.7. The van der Waals surface area contributed by atoms with E-state index in [1.165, 1.54) is 21.9 Å². The van der Waals surface area contributed by atoms with Crippen molar-refractivity contribution in [3.63, 3.8) is 0 Å². The molecule has 0 aliphatic carbocycles. The molecule has 0 aromatic heterocycles. The van der Waals surface area contributed by atoms with Crippen molar-refractivity contribution < 1.29 is 14.3 Å². The Morgan fingerprint density at radius 3 is 2.57 bits per heavy atom. The largest absolute Gasteiger partial charge is 0.428 e. The number of rotatable bonds is 8. The Morgan fingerprint density at radius 1 is 0.973 bits per heavy atom. The number of aryl methyl sites for hydroxylation is 1. The molecule has 1 N–H and O–H groups in total. The molecule has 4 aromatic rings. The molecule has 5 rings (SSSR count). The second kappa shape index (κ2) is 11.9. The van der Waals surface area contributed by atoms with Gasteiger partial charge in [0.05, 0.1) is 11.2 Å². The van der Waals surface area contributed by atoms with Crippen molar-refractivity contribution in [3.05, 3.63) is 119 Å². The first-order chi connectivity index (χ1) is 17.5. The van der Waals surface area contributed by atoms with Crippen LogP contribution < -0.4 is 5.32 Å². The quantitative estimate of drug-likeness (QED) is 0.203. The van der Waals surface area contributed by atoms with Gasteiger partial charge in [0.1, 0.15) is 0 Å². The van der Waals surface area contributed by atoms with Crippen LogP contribution >= 0.6 is 12.4 Å². The van der Waals surface area contributed by atoms with Gasteiger partial charge in [-0.25, -0.2) is 4.79 Å². The van der Waals surface area contributed by atoms with Crippen LogP contribution in [-0.2, 0) is 22.3 Å². The summed E-state index contributed by atoms with van der Waals surface area (Å²) >= 11 is 0. The van der Waals surface area contributed by atoms with Crippen LogP contribution in [0.2, 0.25) is 0 Å². The third-order valence-electron chi connectivity index (χ3n) is 7.02. The minimum atomic E-state index is -0.720. The summed E-state index contributed by atoms with van der Waals surface area (Å²) in [5.41, 5.74) is 4.69. The Kier molecular flexibility index (Phi) is 8.65. The third-order valence-corrected chi connectivity index (χ3v) is 7.02. The van der Waals surface area contributed by atoms with E-state index in [9.17, 15) is 4.79 Å². The topological polar surface area (TPSA) is 47.6 Å². The predicted molar refractivity (Wildman–Crippen MR) is 151 cm³/mol. The zero-order valence-electron chi connectivity index (χ0n) is 21.4. The van der Waals surface area contributed by atoms with Gasteiger partial charge < -0.3 is 14.8 Å². The van der Waals surface area contributed by atoms with Crippen molar-refractivity contribution in [2.75, 3.05) is 13.1 Å². The van der Waals surface area contributed by atoms with Gasteiger partial charge in [-0.05, 0) is 79.9 Å². The molecular weight excluding hydrogens is 482 g/mol. The van der Waals surface area contributed by atoms with E-state index in [0.29, 0.717) is 5.56 Å². The standard InChI is InChI=1S/C32H33NO3.ClH/c1-23-15-16-27-22-32(2,36-31(29(27)21-23)35-30(34)26-10-4-3-5-11-26)18-20-33-19-17-25-13-8-12-24-9-6-7-14-28(24)25;/h3-16,21,31,33H,17-20,22H2,1-2H3;1H. The van der Waals surface area contributed by atoms with Gasteiger partial charge >= 0.3 is 5.97 Å². The van der Waals surface area contributed by atoms with Gasteiger partial charge in [0.15, 0.2) is 0 Å². The van der Waals surface area contributed by atoms with Gasteiger partial charge in [0.25, 0.3) is 0 Å². The molecule has 0 saturated carbocycles. The number of halogens is 1. The van der Waals surface area contributed by atoms with Gasteiger partial charge in [0, 0.05) is 12.0 Å². The number of hydrogen-bond donors (Lipinski definition) is 1. The Labute approximate surface area is 225 Å². The van der Waals surface area contributed by atoms with Crippen molar-refractivity contribution in [1.82, 2.24) is 5.32 Å². The van der Waals surface area contributed by atoms with E-state index in [2.05, 4.69) is 72.9 Å². The summed E-state index contributed by atoms with van der Waals surface area (Å²) in [6.45, 7) is 5.88. The van der Waals surface area contributed by atoms with Gasteiger partial charge in [-0.1, -0.05) is 78.4 Å². The SMILES string of the molecule is Cc1ccc2c(c1)C(OC(=O)c1ccccc1)OC(C)(CCNCCc1cccc3ccccc13)C2.Cl. The maximum Gasteiger partial charge on any atom is 0.340 e. The molecule has 5 heteroatoms. The second-order valence-corrected chi connectivity index (χ2v) is 9.94. The van der Waals surface area contributed by atoms with Crippen LogP contribution in [0.1, 0.15) is 52.2 Å². The molecule has 4 nitrogen and oxygen atoms in total. The summed E-state index contributed by atoms with van der Waals surface area (Å²) < 4.78 is 12.4. The molecule has 4 aromatic carbocycles. The molecule has 1 heterocycles. The highest BCUT2D eigenvalue weighted by Gasteiger charge is 2.38. The number of hydrogen-bond acceptors (Lipinski definition) is 4. The molecule has 37 heavy (non-hydrogen) atoms. The molecule has 2 atom stereocenters. The fourth-order valence-corrected chi connectivity index (χ4v) is 5.05. The highest BCUT2D eigenvalue weighted by molar-refractivity contribution is 5.89. The van der Waals surface area contributed by atoms with E-state index in [1.807, 2.05) is 25.1 Å². The van der Waals surface area contributed by atoms with Crippen molar-refractivity contribution >= 4 is 29.1 Å². The maximum atomic E-state index is 12.8. The normalized spacial score (nSPS) is 18.6. The Morgan fingerprint density at radius 2 is 1.73 bits per heavy atom. The van der Waals surface area contributed by atoms with Crippen molar-refractivity contribution in [1.29, 1.82) is 0 Å². The van der Waals surface area contributed by atoms with Crippen LogP contribution in [0.3, 0.4) is 0 Å². The van der Waals surface area contributed by atoms with E-state index in [-0.39, 0.29) is 18.4 Å². The van der Waals surface area contributed by atoms with E-state index >= 15 is 0 Å². The van der Waals surface area contributed by atoms with Gasteiger partial charge in [-0.3, -0.25) is 0 Å². The first-order valence-electron chi connectivity index (χ1n) is 12.7. The van der Waals surface area contributed by atoms with Crippen molar-refractivity contribution in [2.45, 2.75) is 45.0 Å². The summed E-state index contributed by atoms with van der Waals surface area (Å²) in [6.07, 6.45) is 1.85. The number of carbonyl (C=O) groups is 1. The number of nitrogens with one attached hydrogen (secondary N) is 1. The zero-order chi connectivity index (χ0) is 25.0. The van der Waals surface area contributed by atoms with E-state index in [1.54, 1.807) is 12.1 Å². The van der Waals surface area contributed by atoms with Gasteiger partial charge in [-0.15, -0.1) is 12.4 Å². The van der Waals surface area contributed by atoms with Crippen molar-refractivity contribution in [3.8, 4) is 0 Å². The lowest BCUT2D eigenvalue weighted by Gasteiger charge is -2.39. The van der Waals surface area contributed by atoms with Crippen LogP contribution in [0, 0.1) is 6.92 Å². The van der Waals surface area contributed by atoms with Crippen LogP contribution in [0.4, 0.5) is 0 Å². The Balaban J connectivity index is 0.00000320. The Hall–Kier alpha value is -3.18.